The Morgan fingerprint density at radius 3 is 2.89 bits per heavy atom. The van der Waals surface area contributed by atoms with Crippen LogP contribution in [0.15, 0.2) is 15.4 Å². The lowest BCUT2D eigenvalue weighted by atomic mass is 9.83. The monoisotopic (exact) mass is 279 g/mol. The van der Waals surface area contributed by atoms with Crippen LogP contribution in [0.5, 0.6) is 0 Å². The molecule has 100 valence electrons. The molecule has 1 N–H and O–H groups in total. The van der Waals surface area contributed by atoms with Gasteiger partial charge in [0.15, 0.2) is 0 Å². The van der Waals surface area contributed by atoms with E-state index in [4.69, 9.17) is 4.52 Å². The molecule has 0 spiro atoms. The Labute approximate surface area is 113 Å². The summed E-state index contributed by atoms with van der Waals surface area (Å²) < 4.78 is 5.17. The van der Waals surface area contributed by atoms with E-state index in [0.29, 0.717) is 36.7 Å². The van der Waals surface area contributed by atoms with Crippen molar-refractivity contribution in [1.82, 2.24) is 15.1 Å². The van der Waals surface area contributed by atoms with Gasteiger partial charge in [0.2, 0.25) is 11.7 Å². The van der Waals surface area contributed by atoms with E-state index >= 15 is 0 Å². The maximum absolute atomic E-state index is 11.5. The maximum Gasteiger partial charge on any atom is 0.310 e. The third kappa shape index (κ3) is 2.25. The zero-order valence-corrected chi connectivity index (χ0v) is 11.0. The van der Waals surface area contributed by atoms with E-state index in [0.717, 1.165) is 12.8 Å². The number of hydrogen-bond donors (Lipinski definition) is 1. The molecule has 3 rings (SSSR count). The van der Waals surface area contributed by atoms with Crippen molar-refractivity contribution in [1.29, 1.82) is 0 Å². The van der Waals surface area contributed by atoms with Crippen molar-refractivity contribution >= 4 is 17.3 Å². The van der Waals surface area contributed by atoms with Gasteiger partial charge in [-0.1, -0.05) is 18.0 Å². The number of nitrogens with zero attached hydrogens (tertiary/aromatic N) is 3. The third-order valence-corrected chi connectivity index (χ3v) is 4.22. The predicted octanol–water partition coefficient (Wildman–Crippen LogP) is 2.38. The smallest absolute Gasteiger partial charge is 0.310 e. The highest BCUT2D eigenvalue weighted by molar-refractivity contribution is 7.07. The third-order valence-electron chi connectivity index (χ3n) is 3.63. The summed E-state index contributed by atoms with van der Waals surface area (Å²) in [6.07, 6.45) is 3.55. The Balaban J connectivity index is 1.82. The van der Waals surface area contributed by atoms with Crippen molar-refractivity contribution in [2.45, 2.75) is 32.1 Å². The van der Waals surface area contributed by atoms with E-state index < -0.39 is 11.4 Å². The number of aromatic nitrogens is 3. The van der Waals surface area contributed by atoms with E-state index in [1.807, 2.05) is 5.38 Å². The first-order valence-corrected chi connectivity index (χ1v) is 7.08. The van der Waals surface area contributed by atoms with Crippen LogP contribution in [0.2, 0.25) is 0 Å². The van der Waals surface area contributed by atoms with Gasteiger partial charge in [-0.2, -0.15) is 4.98 Å². The van der Waals surface area contributed by atoms with Crippen LogP contribution in [0, 0.1) is 5.41 Å². The van der Waals surface area contributed by atoms with Crippen LogP contribution in [-0.2, 0) is 11.2 Å². The van der Waals surface area contributed by atoms with Crippen molar-refractivity contribution in [2.24, 2.45) is 5.41 Å². The molecule has 1 fully saturated rings. The van der Waals surface area contributed by atoms with Gasteiger partial charge in [-0.3, -0.25) is 4.79 Å². The summed E-state index contributed by atoms with van der Waals surface area (Å²) in [6.45, 7) is 0. The van der Waals surface area contributed by atoms with Gasteiger partial charge in [-0.05, 0) is 12.8 Å². The molecule has 2 aromatic heterocycles. The van der Waals surface area contributed by atoms with Crippen molar-refractivity contribution in [3.8, 4) is 11.5 Å². The molecule has 19 heavy (non-hydrogen) atoms. The molecule has 0 saturated heterocycles. The van der Waals surface area contributed by atoms with E-state index in [2.05, 4.69) is 15.1 Å². The lowest BCUT2D eigenvalue weighted by molar-refractivity contribution is -0.148. The summed E-state index contributed by atoms with van der Waals surface area (Å²) in [7, 11) is 0. The summed E-state index contributed by atoms with van der Waals surface area (Å²) in [5.74, 6) is 0.0421. The lowest BCUT2D eigenvalue weighted by Crippen LogP contribution is -2.30. The minimum absolute atomic E-state index is 0.305. The fraction of sp³-hybridized carbons (Fsp3) is 0.500. The van der Waals surface area contributed by atoms with Gasteiger partial charge >= 0.3 is 5.97 Å². The molecule has 2 heterocycles. The van der Waals surface area contributed by atoms with Crippen LogP contribution in [0.25, 0.3) is 11.5 Å². The molecule has 7 heteroatoms. The number of aliphatic carboxylic acids is 1. The summed E-state index contributed by atoms with van der Waals surface area (Å²) in [5.41, 5.74) is 1.63. The number of thiazole rings is 1. The predicted molar refractivity (Wildman–Crippen MR) is 67.6 cm³/mol. The van der Waals surface area contributed by atoms with Gasteiger partial charge in [-0.15, -0.1) is 11.3 Å². The number of carbonyl (C=O) groups is 1. The normalized spacial score (nSPS) is 17.7. The zero-order valence-electron chi connectivity index (χ0n) is 10.2. The molecule has 0 amide bonds. The fourth-order valence-electron chi connectivity index (χ4n) is 2.56. The van der Waals surface area contributed by atoms with Crippen molar-refractivity contribution in [2.75, 3.05) is 0 Å². The zero-order chi connectivity index (χ0) is 13.3. The molecule has 0 unspecified atom stereocenters. The molecule has 1 aliphatic carbocycles. The standard InChI is InChI=1S/C12H13N3O3S/c16-11(17)12(3-1-2-4-12)5-9-14-10(15-18-9)8-6-19-7-13-8/h6-7H,1-5H2,(H,16,17). The number of rotatable bonds is 4. The second kappa shape index (κ2) is 4.73. The highest BCUT2D eigenvalue weighted by Crippen LogP contribution is 2.41. The Kier molecular flexibility index (Phi) is 3.06. The minimum Gasteiger partial charge on any atom is -0.481 e. The molecule has 0 radical (unpaired) electrons. The Hall–Kier alpha value is -1.76. The molecule has 0 bridgehead atoms. The van der Waals surface area contributed by atoms with Crippen LogP contribution >= 0.6 is 11.3 Å². The summed E-state index contributed by atoms with van der Waals surface area (Å²) in [6, 6.07) is 0. The highest BCUT2D eigenvalue weighted by Gasteiger charge is 2.42. The second-order valence-electron chi connectivity index (χ2n) is 4.85. The van der Waals surface area contributed by atoms with Crippen LogP contribution in [0.1, 0.15) is 31.6 Å². The van der Waals surface area contributed by atoms with Crippen LogP contribution in [-0.4, -0.2) is 26.2 Å². The van der Waals surface area contributed by atoms with Crippen molar-refractivity contribution < 1.29 is 14.4 Å². The number of carboxylic acids is 1. The van der Waals surface area contributed by atoms with Gasteiger partial charge in [0.25, 0.3) is 0 Å². The first kappa shape index (κ1) is 12.3. The maximum atomic E-state index is 11.5. The summed E-state index contributed by atoms with van der Waals surface area (Å²) >= 11 is 1.45. The Morgan fingerprint density at radius 1 is 1.47 bits per heavy atom. The largest absolute Gasteiger partial charge is 0.481 e. The van der Waals surface area contributed by atoms with E-state index in [1.54, 1.807) is 5.51 Å². The Bertz CT molecular complexity index is 573. The van der Waals surface area contributed by atoms with E-state index in [-0.39, 0.29) is 0 Å². The summed E-state index contributed by atoms with van der Waals surface area (Å²) in [4.78, 5) is 19.8. The van der Waals surface area contributed by atoms with E-state index in [1.165, 1.54) is 11.3 Å². The quantitative estimate of drug-likeness (QED) is 0.924. The molecule has 1 aliphatic rings. The van der Waals surface area contributed by atoms with E-state index in [9.17, 15) is 9.90 Å². The molecule has 2 aromatic rings. The molecule has 0 aliphatic heterocycles. The van der Waals surface area contributed by atoms with Crippen molar-refractivity contribution in [3.05, 3.63) is 16.8 Å². The molecular formula is C12H13N3O3S. The SMILES string of the molecule is O=C(O)C1(Cc2nc(-c3cscn3)no2)CCCC1. The molecule has 1 saturated carbocycles. The Morgan fingerprint density at radius 2 is 2.26 bits per heavy atom. The van der Waals surface area contributed by atoms with Crippen LogP contribution in [0.3, 0.4) is 0 Å². The van der Waals surface area contributed by atoms with Gasteiger partial charge in [0.05, 0.1) is 10.9 Å². The lowest BCUT2D eigenvalue weighted by Gasteiger charge is -2.21. The summed E-state index contributed by atoms with van der Waals surface area (Å²) in [5, 5.41) is 15.1. The van der Waals surface area contributed by atoms with Gasteiger partial charge in [-0.25, -0.2) is 4.98 Å². The fourth-order valence-corrected chi connectivity index (χ4v) is 3.09. The van der Waals surface area contributed by atoms with Crippen LogP contribution < -0.4 is 0 Å². The first-order valence-electron chi connectivity index (χ1n) is 6.14. The minimum atomic E-state index is -0.765. The van der Waals surface area contributed by atoms with Gasteiger partial charge < -0.3 is 9.63 Å². The first-order chi connectivity index (χ1) is 9.20. The number of hydrogen-bond acceptors (Lipinski definition) is 6. The molecule has 6 nitrogen and oxygen atoms in total. The molecule has 0 atom stereocenters. The van der Waals surface area contributed by atoms with Gasteiger partial charge in [0, 0.05) is 11.8 Å². The topological polar surface area (TPSA) is 89.1 Å². The average molecular weight is 279 g/mol. The molecule has 0 aromatic carbocycles. The van der Waals surface area contributed by atoms with Gasteiger partial charge in [0.1, 0.15) is 5.69 Å². The second-order valence-corrected chi connectivity index (χ2v) is 5.57. The molecular weight excluding hydrogens is 266 g/mol. The number of carboxylic acid groups (broad SMARTS) is 1. The average Bonchev–Trinajstić information content (AvgIpc) is 3.10. The highest BCUT2D eigenvalue weighted by atomic mass is 32.1. The van der Waals surface area contributed by atoms with Crippen molar-refractivity contribution in [3.63, 3.8) is 0 Å². The van der Waals surface area contributed by atoms with Crippen LogP contribution in [0.4, 0.5) is 0 Å².